The zero-order chi connectivity index (χ0) is 14.8. The molecule has 1 saturated heterocycles. The van der Waals surface area contributed by atoms with Gasteiger partial charge in [-0.05, 0) is 49.4 Å². The summed E-state index contributed by atoms with van der Waals surface area (Å²) in [4.78, 5) is 7.31. The van der Waals surface area contributed by atoms with Crippen LogP contribution in [0.2, 0.25) is 0 Å². The molecule has 1 aliphatic heterocycles. The molecule has 3 rings (SSSR count). The number of pyridine rings is 1. The van der Waals surface area contributed by atoms with Gasteiger partial charge >= 0.3 is 0 Å². The van der Waals surface area contributed by atoms with Crippen LogP contribution in [0.15, 0.2) is 24.3 Å². The number of rotatable bonds is 3. The molecule has 0 amide bonds. The molecule has 112 valence electrons. The van der Waals surface area contributed by atoms with Crippen molar-refractivity contribution in [1.29, 1.82) is 0 Å². The minimum absolute atomic E-state index is 0.447. The van der Waals surface area contributed by atoms with Crippen LogP contribution in [0.1, 0.15) is 44.7 Å². The third-order valence-corrected chi connectivity index (χ3v) is 4.39. The fraction of sp³-hybridized carbons (Fsp3) is 0.500. The average molecular weight is 283 g/mol. The molecule has 1 aliphatic rings. The fourth-order valence-electron chi connectivity index (χ4n) is 3.09. The number of hydrogen-bond donors (Lipinski definition) is 1. The topological polar surface area (TPSA) is 28.2 Å². The number of hydrogen-bond acceptors (Lipinski definition) is 3. The standard InChI is InChI=1S/C18H25N3/c1-13(2)17-12-18(19-3)15-11-14(7-8-16(15)20-17)21-9-5-4-6-10-21/h7-8,11-13H,4-6,9-10H2,1-3H3,(H,19,20). The highest BCUT2D eigenvalue weighted by molar-refractivity contribution is 5.94. The van der Waals surface area contributed by atoms with E-state index in [2.05, 4.69) is 48.3 Å². The molecule has 0 radical (unpaired) electrons. The van der Waals surface area contributed by atoms with Crippen LogP contribution in [0, 0.1) is 0 Å². The number of nitrogens with one attached hydrogen (secondary N) is 1. The predicted octanol–water partition coefficient (Wildman–Crippen LogP) is 4.39. The third-order valence-electron chi connectivity index (χ3n) is 4.39. The van der Waals surface area contributed by atoms with E-state index in [0.29, 0.717) is 5.92 Å². The summed E-state index contributed by atoms with van der Waals surface area (Å²) in [6.45, 7) is 6.74. The quantitative estimate of drug-likeness (QED) is 0.905. The molecule has 1 aromatic heterocycles. The molecule has 2 aromatic rings. The second-order valence-corrected chi connectivity index (χ2v) is 6.25. The molecule has 0 spiro atoms. The summed E-state index contributed by atoms with van der Waals surface area (Å²) in [6.07, 6.45) is 3.98. The molecule has 0 aliphatic carbocycles. The highest BCUT2D eigenvalue weighted by atomic mass is 15.1. The molecule has 1 N–H and O–H groups in total. The van der Waals surface area contributed by atoms with E-state index in [1.165, 1.54) is 49.1 Å². The highest BCUT2D eigenvalue weighted by Gasteiger charge is 2.13. The minimum Gasteiger partial charge on any atom is -0.388 e. The Morgan fingerprint density at radius 3 is 2.52 bits per heavy atom. The van der Waals surface area contributed by atoms with Gasteiger partial charge in [0.15, 0.2) is 0 Å². The molecule has 0 bridgehead atoms. The van der Waals surface area contributed by atoms with E-state index >= 15 is 0 Å². The van der Waals surface area contributed by atoms with Gasteiger partial charge in [0.1, 0.15) is 0 Å². The SMILES string of the molecule is CNc1cc(C(C)C)nc2ccc(N3CCCCC3)cc12. The Labute approximate surface area is 127 Å². The van der Waals surface area contributed by atoms with E-state index in [-0.39, 0.29) is 0 Å². The van der Waals surface area contributed by atoms with Crippen molar-refractivity contribution in [2.45, 2.75) is 39.0 Å². The summed E-state index contributed by atoms with van der Waals surface area (Å²) in [5.41, 5.74) is 4.75. The van der Waals surface area contributed by atoms with Crippen LogP contribution in [0.5, 0.6) is 0 Å². The molecule has 0 atom stereocenters. The van der Waals surface area contributed by atoms with Crippen molar-refractivity contribution in [3.05, 3.63) is 30.0 Å². The van der Waals surface area contributed by atoms with Gasteiger partial charge in [-0.2, -0.15) is 0 Å². The van der Waals surface area contributed by atoms with Crippen molar-refractivity contribution in [3.8, 4) is 0 Å². The zero-order valence-electron chi connectivity index (χ0n) is 13.3. The van der Waals surface area contributed by atoms with Gasteiger partial charge in [0.25, 0.3) is 0 Å². The molecule has 0 saturated carbocycles. The van der Waals surface area contributed by atoms with Gasteiger partial charge in [-0.1, -0.05) is 13.8 Å². The number of nitrogens with zero attached hydrogens (tertiary/aromatic N) is 2. The molecule has 3 nitrogen and oxygen atoms in total. The Kier molecular flexibility index (Phi) is 4.00. The van der Waals surface area contributed by atoms with Crippen molar-refractivity contribution in [2.75, 3.05) is 30.4 Å². The van der Waals surface area contributed by atoms with E-state index in [9.17, 15) is 0 Å². The van der Waals surface area contributed by atoms with Crippen LogP contribution < -0.4 is 10.2 Å². The number of benzene rings is 1. The summed E-state index contributed by atoms with van der Waals surface area (Å²) in [5, 5.41) is 4.56. The summed E-state index contributed by atoms with van der Waals surface area (Å²) in [7, 11) is 1.99. The predicted molar refractivity (Wildman–Crippen MR) is 91.4 cm³/mol. The molecular formula is C18H25N3. The summed E-state index contributed by atoms with van der Waals surface area (Å²) in [5.74, 6) is 0.447. The molecule has 1 aromatic carbocycles. The number of anilines is 2. The van der Waals surface area contributed by atoms with Crippen molar-refractivity contribution < 1.29 is 0 Å². The largest absolute Gasteiger partial charge is 0.388 e. The number of fused-ring (bicyclic) bond motifs is 1. The van der Waals surface area contributed by atoms with E-state index in [1.807, 2.05) is 7.05 Å². The van der Waals surface area contributed by atoms with Crippen LogP contribution in [0.4, 0.5) is 11.4 Å². The minimum atomic E-state index is 0.447. The highest BCUT2D eigenvalue weighted by Crippen LogP contribution is 2.30. The molecule has 3 heteroatoms. The first-order chi connectivity index (χ1) is 10.2. The molecular weight excluding hydrogens is 258 g/mol. The molecule has 21 heavy (non-hydrogen) atoms. The van der Waals surface area contributed by atoms with E-state index in [1.54, 1.807) is 0 Å². The van der Waals surface area contributed by atoms with Crippen LogP contribution in [-0.4, -0.2) is 25.1 Å². The van der Waals surface area contributed by atoms with Crippen LogP contribution in [0.3, 0.4) is 0 Å². The maximum absolute atomic E-state index is 4.81. The van der Waals surface area contributed by atoms with E-state index in [0.717, 1.165) is 11.2 Å². The van der Waals surface area contributed by atoms with Crippen molar-refractivity contribution in [1.82, 2.24) is 4.98 Å². The first-order valence-corrected chi connectivity index (χ1v) is 8.06. The van der Waals surface area contributed by atoms with Gasteiger partial charge in [0.2, 0.25) is 0 Å². The average Bonchev–Trinajstić information content (AvgIpc) is 2.54. The Balaban J connectivity index is 2.05. The second kappa shape index (κ2) is 5.92. The van der Waals surface area contributed by atoms with Crippen LogP contribution >= 0.6 is 0 Å². The maximum atomic E-state index is 4.81. The van der Waals surface area contributed by atoms with Gasteiger partial charge in [-0.15, -0.1) is 0 Å². The van der Waals surface area contributed by atoms with Crippen molar-refractivity contribution in [2.24, 2.45) is 0 Å². The first-order valence-electron chi connectivity index (χ1n) is 8.06. The Morgan fingerprint density at radius 2 is 1.86 bits per heavy atom. The van der Waals surface area contributed by atoms with Gasteiger partial charge in [0, 0.05) is 42.6 Å². The Bertz CT molecular complexity index is 628. The molecule has 0 unspecified atom stereocenters. The van der Waals surface area contributed by atoms with Crippen molar-refractivity contribution >= 4 is 22.3 Å². The van der Waals surface area contributed by atoms with Gasteiger partial charge in [-0.3, -0.25) is 4.98 Å². The van der Waals surface area contributed by atoms with Gasteiger partial charge in [-0.25, -0.2) is 0 Å². The summed E-state index contributed by atoms with van der Waals surface area (Å²) in [6, 6.07) is 8.88. The smallest absolute Gasteiger partial charge is 0.0727 e. The Hall–Kier alpha value is -1.77. The Morgan fingerprint density at radius 1 is 1.10 bits per heavy atom. The molecule has 1 fully saturated rings. The first kappa shape index (κ1) is 14.2. The lowest BCUT2D eigenvalue weighted by Crippen LogP contribution is -2.29. The van der Waals surface area contributed by atoms with Gasteiger partial charge in [0.05, 0.1) is 5.52 Å². The summed E-state index contributed by atoms with van der Waals surface area (Å²) >= 11 is 0. The summed E-state index contributed by atoms with van der Waals surface area (Å²) < 4.78 is 0. The van der Waals surface area contributed by atoms with Gasteiger partial charge < -0.3 is 10.2 Å². The normalized spacial score (nSPS) is 15.7. The lowest BCUT2D eigenvalue weighted by atomic mass is 10.0. The monoisotopic (exact) mass is 283 g/mol. The zero-order valence-corrected chi connectivity index (χ0v) is 13.3. The van der Waals surface area contributed by atoms with Crippen LogP contribution in [-0.2, 0) is 0 Å². The number of piperidine rings is 1. The van der Waals surface area contributed by atoms with Crippen molar-refractivity contribution in [3.63, 3.8) is 0 Å². The van der Waals surface area contributed by atoms with Crippen LogP contribution in [0.25, 0.3) is 10.9 Å². The third kappa shape index (κ3) is 2.82. The lowest BCUT2D eigenvalue weighted by molar-refractivity contribution is 0.578. The van der Waals surface area contributed by atoms with E-state index < -0.39 is 0 Å². The fourth-order valence-corrected chi connectivity index (χ4v) is 3.09. The molecule has 2 heterocycles. The number of aromatic nitrogens is 1. The lowest BCUT2D eigenvalue weighted by Gasteiger charge is -2.29. The van der Waals surface area contributed by atoms with E-state index in [4.69, 9.17) is 4.98 Å². The second-order valence-electron chi connectivity index (χ2n) is 6.25. The maximum Gasteiger partial charge on any atom is 0.0727 e.